The quantitative estimate of drug-likeness (QED) is 0.779. The van der Waals surface area contributed by atoms with Crippen molar-refractivity contribution in [1.82, 2.24) is 15.1 Å². The number of fused-ring (bicyclic) bond motifs is 1. The monoisotopic (exact) mass is 328 g/mol. The molecule has 23 heavy (non-hydrogen) atoms. The molecule has 120 valence electrons. The van der Waals surface area contributed by atoms with Crippen LogP contribution in [0.3, 0.4) is 0 Å². The molecule has 0 amide bonds. The summed E-state index contributed by atoms with van der Waals surface area (Å²) in [4.78, 5) is 9.10. The summed E-state index contributed by atoms with van der Waals surface area (Å²) in [5.41, 5.74) is 3.02. The van der Waals surface area contributed by atoms with Gasteiger partial charge in [0.05, 0.1) is 11.3 Å². The van der Waals surface area contributed by atoms with Crippen molar-refractivity contribution in [3.05, 3.63) is 34.6 Å². The molecular formula is C17H20N4OS. The molecule has 0 atom stereocenters. The van der Waals surface area contributed by atoms with Crippen molar-refractivity contribution >= 4 is 11.8 Å². The molecule has 1 aliphatic rings. The molecule has 0 aromatic carbocycles. The highest BCUT2D eigenvalue weighted by Crippen LogP contribution is 2.29. The van der Waals surface area contributed by atoms with Crippen LogP contribution < -0.4 is 0 Å². The Morgan fingerprint density at radius 3 is 2.91 bits per heavy atom. The molecule has 5 nitrogen and oxygen atoms in total. The average molecular weight is 328 g/mol. The van der Waals surface area contributed by atoms with Gasteiger partial charge in [0.1, 0.15) is 11.1 Å². The molecule has 1 aliphatic carbocycles. The van der Waals surface area contributed by atoms with E-state index in [0.717, 1.165) is 35.8 Å². The lowest BCUT2D eigenvalue weighted by Crippen LogP contribution is -2.07. The maximum atomic E-state index is 9.37. The van der Waals surface area contributed by atoms with Gasteiger partial charge in [-0.25, -0.2) is 4.98 Å². The van der Waals surface area contributed by atoms with E-state index in [-0.39, 0.29) is 0 Å². The Hall–Kier alpha value is -1.87. The summed E-state index contributed by atoms with van der Waals surface area (Å²) >= 11 is 1.50. The van der Waals surface area contributed by atoms with Crippen molar-refractivity contribution in [3.8, 4) is 6.07 Å². The Balaban J connectivity index is 1.72. The van der Waals surface area contributed by atoms with Gasteiger partial charge in [0.2, 0.25) is 5.89 Å². The fraction of sp³-hybridized carbons (Fsp3) is 0.529. The number of aryl methyl sites for hydroxylation is 2. The van der Waals surface area contributed by atoms with E-state index in [0.29, 0.717) is 23.1 Å². The van der Waals surface area contributed by atoms with Crippen molar-refractivity contribution in [2.75, 3.05) is 0 Å². The SMILES string of the molecule is CC(C)Cc1noc(CSc2nc3c(cc2C#N)CCCC3)n1. The van der Waals surface area contributed by atoms with Crippen LogP contribution in [-0.4, -0.2) is 15.1 Å². The van der Waals surface area contributed by atoms with Gasteiger partial charge in [-0.3, -0.25) is 0 Å². The number of hydrogen-bond acceptors (Lipinski definition) is 6. The maximum Gasteiger partial charge on any atom is 0.237 e. The number of rotatable bonds is 5. The van der Waals surface area contributed by atoms with Gasteiger partial charge >= 0.3 is 0 Å². The molecule has 0 N–H and O–H groups in total. The molecule has 0 unspecified atom stereocenters. The highest BCUT2D eigenvalue weighted by Gasteiger charge is 2.16. The zero-order valence-corrected chi connectivity index (χ0v) is 14.3. The summed E-state index contributed by atoms with van der Waals surface area (Å²) in [7, 11) is 0. The van der Waals surface area contributed by atoms with Gasteiger partial charge in [-0.2, -0.15) is 10.2 Å². The first kappa shape index (κ1) is 16.0. The van der Waals surface area contributed by atoms with E-state index in [1.54, 1.807) is 0 Å². The standard InChI is InChI=1S/C17H20N4OS/c1-11(2)7-15-20-16(22-21-15)10-23-17-13(9-18)8-12-5-3-4-6-14(12)19-17/h8,11H,3-7,10H2,1-2H3. The second-order valence-corrected chi connectivity index (χ2v) is 7.22. The Morgan fingerprint density at radius 1 is 1.30 bits per heavy atom. The first-order valence-electron chi connectivity index (χ1n) is 8.03. The van der Waals surface area contributed by atoms with E-state index in [1.807, 2.05) is 6.07 Å². The molecule has 0 bridgehead atoms. The van der Waals surface area contributed by atoms with E-state index in [1.165, 1.54) is 30.2 Å². The summed E-state index contributed by atoms with van der Waals surface area (Å²) in [6.07, 6.45) is 5.22. The Labute approximate surface area is 140 Å². The lowest BCUT2D eigenvalue weighted by atomic mass is 9.95. The van der Waals surface area contributed by atoms with Gasteiger partial charge < -0.3 is 4.52 Å². The zero-order chi connectivity index (χ0) is 16.2. The second kappa shape index (κ2) is 7.14. The van der Waals surface area contributed by atoms with Crippen LogP contribution in [0.1, 0.15) is 55.2 Å². The first-order chi connectivity index (χ1) is 11.2. The zero-order valence-electron chi connectivity index (χ0n) is 13.5. The normalized spacial score (nSPS) is 13.8. The van der Waals surface area contributed by atoms with Crippen LogP contribution in [0.4, 0.5) is 0 Å². The fourth-order valence-corrected chi connectivity index (χ4v) is 3.54. The topological polar surface area (TPSA) is 75.6 Å². The van der Waals surface area contributed by atoms with E-state index >= 15 is 0 Å². The summed E-state index contributed by atoms with van der Waals surface area (Å²) in [6.45, 7) is 4.25. The largest absolute Gasteiger partial charge is 0.338 e. The minimum Gasteiger partial charge on any atom is -0.338 e. The predicted molar refractivity (Wildman–Crippen MR) is 88.0 cm³/mol. The van der Waals surface area contributed by atoms with Crippen LogP contribution in [-0.2, 0) is 25.0 Å². The predicted octanol–water partition coefficient (Wildman–Crippen LogP) is 3.71. The molecule has 2 aromatic heterocycles. The summed E-state index contributed by atoms with van der Waals surface area (Å²) < 4.78 is 5.28. The van der Waals surface area contributed by atoms with Gasteiger partial charge in [-0.1, -0.05) is 30.8 Å². The van der Waals surface area contributed by atoms with E-state index in [9.17, 15) is 5.26 Å². The number of aromatic nitrogens is 3. The van der Waals surface area contributed by atoms with Crippen molar-refractivity contribution in [2.45, 2.75) is 56.7 Å². The van der Waals surface area contributed by atoms with Gasteiger partial charge in [0.15, 0.2) is 5.82 Å². The fourth-order valence-electron chi connectivity index (χ4n) is 2.73. The maximum absolute atomic E-state index is 9.37. The number of nitrogens with zero attached hydrogens (tertiary/aromatic N) is 4. The van der Waals surface area contributed by atoms with Gasteiger partial charge in [0.25, 0.3) is 0 Å². The summed E-state index contributed by atoms with van der Waals surface area (Å²) in [6, 6.07) is 4.27. The van der Waals surface area contributed by atoms with Crippen molar-refractivity contribution in [3.63, 3.8) is 0 Å². The van der Waals surface area contributed by atoms with Crippen LogP contribution in [0.2, 0.25) is 0 Å². The van der Waals surface area contributed by atoms with Gasteiger partial charge in [0, 0.05) is 12.1 Å². The number of thioether (sulfide) groups is 1. The first-order valence-corrected chi connectivity index (χ1v) is 9.01. The minimum atomic E-state index is 0.501. The van der Waals surface area contributed by atoms with Crippen LogP contribution >= 0.6 is 11.8 Å². The smallest absolute Gasteiger partial charge is 0.237 e. The number of nitriles is 1. The third-order valence-electron chi connectivity index (χ3n) is 3.82. The van der Waals surface area contributed by atoms with E-state index in [2.05, 4.69) is 30.1 Å². The van der Waals surface area contributed by atoms with Crippen LogP contribution in [0.25, 0.3) is 0 Å². The number of pyridine rings is 1. The lowest BCUT2D eigenvalue weighted by molar-refractivity contribution is 0.382. The summed E-state index contributed by atoms with van der Waals surface area (Å²) in [5.74, 6) is 2.38. The van der Waals surface area contributed by atoms with Gasteiger partial charge in [-0.05, 0) is 43.2 Å². The number of hydrogen-bond donors (Lipinski definition) is 0. The summed E-state index contributed by atoms with van der Waals surface area (Å²) in [5, 5.41) is 14.1. The molecule has 0 fully saturated rings. The Kier molecular flexibility index (Phi) is 4.97. The molecule has 3 rings (SSSR count). The average Bonchev–Trinajstić information content (AvgIpc) is 2.98. The Bertz CT molecular complexity index is 733. The van der Waals surface area contributed by atoms with E-state index in [4.69, 9.17) is 9.51 Å². The van der Waals surface area contributed by atoms with Gasteiger partial charge in [-0.15, -0.1) is 0 Å². The van der Waals surface area contributed by atoms with Crippen LogP contribution in [0.15, 0.2) is 15.6 Å². The molecule has 0 spiro atoms. The van der Waals surface area contributed by atoms with Crippen LogP contribution in [0, 0.1) is 17.2 Å². The van der Waals surface area contributed by atoms with E-state index < -0.39 is 0 Å². The van der Waals surface area contributed by atoms with Crippen molar-refractivity contribution in [1.29, 1.82) is 5.26 Å². The molecule has 2 aromatic rings. The Morgan fingerprint density at radius 2 is 2.13 bits per heavy atom. The molecule has 0 saturated carbocycles. The highest BCUT2D eigenvalue weighted by molar-refractivity contribution is 7.98. The third-order valence-corrected chi connectivity index (χ3v) is 4.80. The van der Waals surface area contributed by atoms with Crippen molar-refractivity contribution in [2.24, 2.45) is 5.92 Å². The molecule has 2 heterocycles. The molecular weight excluding hydrogens is 308 g/mol. The van der Waals surface area contributed by atoms with Crippen molar-refractivity contribution < 1.29 is 4.52 Å². The third kappa shape index (κ3) is 3.91. The minimum absolute atomic E-state index is 0.501. The lowest BCUT2D eigenvalue weighted by Gasteiger charge is -2.16. The molecule has 0 saturated heterocycles. The molecule has 0 radical (unpaired) electrons. The second-order valence-electron chi connectivity index (χ2n) is 6.26. The van der Waals surface area contributed by atoms with Crippen LogP contribution in [0.5, 0.6) is 0 Å². The molecule has 6 heteroatoms. The molecule has 0 aliphatic heterocycles. The highest BCUT2D eigenvalue weighted by atomic mass is 32.2.